The summed E-state index contributed by atoms with van der Waals surface area (Å²) in [4.78, 5) is 22.0. The van der Waals surface area contributed by atoms with Crippen LogP contribution in [0.25, 0.3) is 0 Å². The van der Waals surface area contributed by atoms with Gasteiger partial charge >= 0.3 is 5.97 Å². The number of aromatic nitrogens is 1. The van der Waals surface area contributed by atoms with E-state index in [0.717, 1.165) is 0 Å². The van der Waals surface area contributed by atoms with Crippen molar-refractivity contribution in [3.8, 4) is 0 Å². The Morgan fingerprint density at radius 3 is 2.69 bits per heavy atom. The van der Waals surface area contributed by atoms with Crippen molar-refractivity contribution in [2.45, 2.75) is 13.3 Å². The van der Waals surface area contributed by atoms with Gasteiger partial charge in [-0.15, -0.1) is 0 Å². The average Bonchev–Trinajstić information content (AvgIpc) is 2.09. The van der Waals surface area contributed by atoms with E-state index in [1.54, 1.807) is 7.05 Å². The van der Waals surface area contributed by atoms with E-state index < -0.39 is 5.97 Å². The van der Waals surface area contributed by atoms with Gasteiger partial charge in [0.05, 0.1) is 5.56 Å². The fourth-order valence-electron chi connectivity index (χ4n) is 1.15. The Balaban J connectivity index is 3.39. The second-order valence-corrected chi connectivity index (χ2v) is 2.83. The van der Waals surface area contributed by atoms with Gasteiger partial charge in [-0.3, -0.25) is 4.79 Å². The predicted octanol–water partition coefficient (Wildman–Crippen LogP) is 0.646. The van der Waals surface area contributed by atoms with Crippen LogP contribution in [-0.4, -0.2) is 15.6 Å². The lowest BCUT2D eigenvalue weighted by molar-refractivity contribution is 0.0695. The standard InChI is InChI=1S/C9H11NO3/c1-3-6-4-7(9(12)13)5-10(2)8(6)11/h4-5H,3H2,1-2H3,(H,12,13). The van der Waals surface area contributed by atoms with E-state index in [4.69, 9.17) is 5.11 Å². The number of pyridine rings is 1. The maximum atomic E-state index is 11.3. The van der Waals surface area contributed by atoms with Crippen LogP contribution in [0.5, 0.6) is 0 Å². The Morgan fingerprint density at radius 2 is 2.23 bits per heavy atom. The minimum atomic E-state index is -1.01. The maximum Gasteiger partial charge on any atom is 0.337 e. The van der Waals surface area contributed by atoms with E-state index >= 15 is 0 Å². The molecule has 0 saturated carbocycles. The molecule has 1 aromatic rings. The first-order valence-corrected chi connectivity index (χ1v) is 3.99. The number of carboxylic acid groups (broad SMARTS) is 1. The molecule has 0 bridgehead atoms. The lowest BCUT2D eigenvalue weighted by atomic mass is 10.1. The lowest BCUT2D eigenvalue weighted by Gasteiger charge is -2.03. The summed E-state index contributed by atoms with van der Waals surface area (Å²) in [7, 11) is 1.55. The molecule has 70 valence electrons. The van der Waals surface area contributed by atoms with Crippen LogP contribution in [0.3, 0.4) is 0 Å². The molecule has 0 saturated heterocycles. The van der Waals surface area contributed by atoms with Gasteiger partial charge in [0.1, 0.15) is 0 Å². The Labute approximate surface area is 75.4 Å². The first-order chi connectivity index (χ1) is 6.06. The number of hydrogen-bond donors (Lipinski definition) is 1. The number of nitrogens with zero attached hydrogens (tertiary/aromatic N) is 1. The molecule has 0 fully saturated rings. The van der Waals surface area contributed by atoms with Gasteiger partial charge in [0.15, 0.2) is 0 Å². The zero-order valence-corrected chi connectivity index (χ0v) is 7.57. The Bertz CT molecular complexity index is 392. The molecule has 0 spiro atoms. The van der Waals surface area contributed by atoms with Gasteiger partial charge in [0.2, 0.25) is 0 Å². The second-order valence-electron chi connectivity index (χ2n) is 2.83. The van der Waals surface area contributed by atoms with Crippen molar-refractivity contribution in [2.75, 3.05) is 0 Å². The zero-order chi connectivity index (χ0) is 10.0. The molecule has 1 aromatic heterocycles. The molecule has 0 atom stereocenters. The van der Waals surface area contributed by atoms with Gasteiger partial charge in [0.25, 0.3) is 5.56 Å². The van der Waals surface area contributed by atoms with E-state index in [1.165, 1.54) is 16.8 Å². The molecule has 4 heteroatoms. The van der Waals surface area contributed by atoms with Crippen molar-refractivity contribution >= 4 is 5.97 Å². The number of carboxylic acids is 1. The molecular formula is C9H11NO3. The molecule has 1 rings (SSSR count). The van der Waals surface area contributed by atoms with Crippen LogP contribution in [0.15, 0.2) is 17.1 Å². The highest BCUT2D eigenvalue weighted by Crippen LogP contribution is 2.00. The zero-order valence-electron chi connectivity index (χ0n) is 7.57. The fourth-order valence-corrected chi connectivity index (χ4v) is 1.15. The van der Waals surface area contributed by atoms with Crippen LogP contribution < -0.4 is 5.56 Å². The highest BCUT2D eigenvalue weighted by Gasteiger charge is 2.07. The van der Waals surface area contributed by atoms with E-state index in [2.05, 4.69) is 0 Å². The first kappa shape index (κ1) is 9.51. The number of aryl methyl sites for hydroxylation is 2. The predicted molar refractivity (Wildman–Crippen MR) is 48.0 cm³/mol. The summed E-state index contributed by atoms with van der Waals surface area (Å²) in [6.07, 6.45) is 1.87. The number of rotatable bonds is 2. The van der Waals surface area contributed by atoms with Gasteiger partial charge in [-0.05, 0) is 12.5 Å². The molecule has 0 unspecified atom stereocenters. The molecule has 0 amide bonds. The summed E-state index contributed by atoms with van der Waals surface area (Å²) < 4.78 is 1.29. The molecule has 0 aliphatic rings. The molecule has 0 aliphatic carbocycles. The van der Waals surface area contributed by atoms with Crippen molar-refractivity contribution in [1.82, 2.24) is 4.57 Å². The number of carbonyl (C=O) groups is 1. The first-order valence-electron chi connectivity index (χ1n) is 3.99. The minimum absolute atomic E-state index is 0.132. The number of aromatic carboxylic acids is 1. The summed E-state index contributed by atoms with van der Waals surface area (Å²) >= 11 is 0. The number of hydrogen-bond acceptors (Lipinski definition) is 2. The molecule has 0 aromatic carbocycles. The summed E-state index contributed by atoms with van der Waals surface area (Å²) in [5.41, 5.74) is 0.550. The van der Waals surface area contributed by atoms with Crippen LogP contribution >= 0.6 is 0 Å². The molecule has 4 nitrogen and oxygen atoms in total. The van der Waals surface area contributed by atoms with Crippen molar-refractivity contribution in [3.05, 3.63) is 33.7 Å². The highest BCUT2D eigenvalue weighted by molar-refractivity contribution is 5.87. The molecule has 0 radical (unpaired) electrons. The van der Waals surface area contributed by atoms with E-state index in [9.17, 15) is 9.59 Å². The maximum absolute atomic E-state index is 11.3. The summed E-state index contributed by atoms with van der Waals surface area (Å²) in [6.45, 7) is 1.82. The van der Waals surface area contributed by atoms with Crippen LogP contribution in [0.1, 0.15) is 22.8 Å². The van der Waals surface area contributed by atoms with Crippen LogP contribution in [0.4, 0.5) is 0 Å². The highest BCUT2D eigenvalue weighted by atomic mass is 16.4. The molecule has 1 heterocycles. The molecular weight excluding hydrogens is 170 g/mol. The molecule has 13 heavy (non-hydrogen) atoms. The third-order valence-corrected chi connectivity index (χ3v) is 1.89. The smallest absolute Gasteiger partial charge is 0.337 e. The van der Waals surface area contributed by atoms with Crippen molar-refractivity contribution in [2.24, 2.45) is 7.05 Å². The van der Waals surface area contributed by atoms with Gasteiger partial charge in [-0.25, -0.2) is 4.79 Å². The Hall–Kier alpha value is -1.58. The topological polar surface area (TPSA) is 59.3 Å². The SMILES string of the molecule is CCc1cc(C(=O)O)cn(C)c1=O. The van der Waals surface area contributed by atoms with Gasteiger partial charge < -0.3 is 9.67 Å². The third-order valence-electron chi connectivity index (χ3n) is 1.89. The normalized spacial score (nSPS) is 10.0. The lowest BCUT2D eigenvalue weighted by Crippen LogP contribution is -2.21. The minimum Gasteiger partial charge on any atom is -0.478 e. The van der Waals surface area contributed by atoms with Gasteiger partial charge in [0, 0.05) is 18.8 Å². The monoisotopic (exact) mass is 181 g/mol. The quantitative estimate of drug-likeness (QED) is 0.728. The van der Waals surface area contributed by atoms with Gasteiger partial charge in [-0.2, -0.15) is 0 Å². The Morgan fingerprint density at radius 1 is 1.62 bits per heavy atom. The summed E-state index contributed by atoms with van der Waals surface area (Å²) in [5, 5.41) is 8.70. The fraction of sp³-hybridized carbons (Fsp3) is 0.333. The van der Waals surface area contributed by atoms with Crippen LogP contribution in [0.2, 0.25) is 0 Å². The van der Waals surface area contributed by atoms with E-state index in [0.29, 0.717) is 12.0 Å². The Kier molecular flexibility index (Phi) is 2.51. The van der Waals surface area contributed by atoms with Crippen molar-refractivity contribution in [1.29, 1.82) is 0 Å². The van der Waals surface area contributed by atoms with Gasteiger partial charge in [-0.1, -0.05) is 6.92 Å². The third kappa shape index (κ3) is 1.77. The van der Waals surface area contributed by atoms with Crippen molar-refractivity contribution in [3.63, 3.8) is 0 Å². The largest absolute Gasteiger partial charge is 0.478 e. The van der Waals surface area contributed by atoms with Crippen molar-refractivity contribution < 1.29 is 9.90 Å². The van der Waals surface area contributed by atoms with E-state index in [-0.39, 0.29) is 11.1 Å². The molecule has 0 aliphatic heterocycles. The average molecular weight is 181 g/mol. The summed E-state index contributed by atoms with van der Waals surface area (Å²) in [6, 6.07) is 1.42. The van der Waals surface area contributed by atoms with Crippen LogP contribution in [0, 0.1) is 0 Å². The molecule has 1 N–H and O–H groups in total. The van der Waals surface area contributed by atoms with E-state index in [1.807, 2.05) is 6.92 Å². The second kappa shape index (κ2) is 3.43. The summed E-state index contributed by atoms with van der Waals surface area (Å²) in [5.74, 6) is -1.01. The van der Waals surface area contributed by atoms with Crippen LogP contribution in [-0.2, 0) is 13.5 Å².